The van der Waals surface area contributed by atoms with E-state index in [1.165, 1.54) is 0 Å². The lowest BCUT2D eigenvalue weighted by atomic mass is 10.1. The largest absolute Gasteiger partial charge is 0.367 e. The van der Waals surface area contributed by atoms with Gasteiger partial charge in [0.05, 0.1) is 10.7 Å². The SMILES string of the molecule is CC1CN(c2ccc(Cl)cc2Cl)CC(C)N1. The summed E-state index contributed by atoms with van der Waals surface area (Å²) in [5.41, 5.74) is 1.08. The van der Waals surface area contributed by atoms with Gasteiger partial charge in [-0.3, -0.25) is 0 Å². The van der Waals surface area contributed by atoms with E-state index in [0.717, 1.165) is 23.8 Å². The molecule has 88 valence electrons. The highest BCUT2D eigenvalue weighted by atomic mass is 35.5. The number of nitrogens with one attached hydrogen (secondary N) is 1. The van der Waals surface area contributed by atoms with Crippen molar-refractivity contribution < 1.29 is 0 Å². The zero-order valence-corrected chi connectivity index (χ0v) is 11.0. The molecule has 1 aliphatic rings. The van der Waals surface area contributed by atoms with E-state index in [1.54, 1.807) is 6.07 Å². The van der Waals surface area contributed by atoms with Crippen molar-refractivity contribution in [3.05, 3.63) is 28.2 Å². The van der Waals surface area contributed by atoms with Gasteiger partial charge in [-0.2, -0.15) is 0 Å². The quantitative estimate of drug-likeness (QED) is 0.833. The van der Waals surface area contributed by atoms with Crippen LogP contribution < -0.4 is 10.2 Å². The van der Waals surface area contributed by atoms with Gasteiger partial charge in [-0.25, -0.2) is 0 Å². The number of nitrogens with zero attached hydrogens (tertiary/aromatic N) is 1. The van der Waals surface area contributed by atoms with Gasteiger partial charge in [0.25, 0.3) is 0 Å². The Labute approximate surface area is 107 Å². The summed E-state index contributed by atoms with van der Waals surface area (Å²) >= 11 is 12.1. The van der Waals surface area contributed by atoms with Gasteiger partial charge in [-0.1, -0.05) is 23.2 Å². The van der Waals surface area contributed by atoms with Gasteiger partial charge in [0, 0.05) is 30.2 Å². The van der Waals surface area contributed by atoms with Crippen molar-refractivity contribution in [2.45, 2.75) is 25.9 Å². The first-order valence-corrected chi connectivity index (χ1v) is 6.28. The van der Waals surface area contributed by atoms with Gasteiger partial charge in [-0.15, -0.1) is 0 Å². The van der Waals surface area contributed by atoms with Crippen LogP contribution in [0.5, 0.6) is 0 Å². The Kier molecular flexibility index (Phi) is 3.63. The predicted octanol–water partition coefficient (Wildman–Crippen LogP) is 3.18. The van der Waals surface area contributed by atoms with Gasteiger partial charge in [-0.05, 0) is 32.0 Å². The summed E-state index contributed by atoms with van der Waals surface area (Å²) in [6, 6.07) is 6.65. The van der Waals surface area contributed by atoms with Crippen molar-refractivity contribution in [2.24, 2.45) is 0 Å². The van der Waals surface area contributed by atoms with E-state index < -0.39 is 0 Å². The smallest absolute Gasteiger partial charge is 0.0654 e. The molecule has 0 radical (unpaired) electrons. The topological polar surface area (TPSA) is 15.3 Å². The first-order chi connectivity index (χ1) is 7.56. The number of halogens is 2. The molecule has 1 saturated heterocycles. The second kappa shape index (κ2) is 4.82. The van der Waals surface area contributed by atoms with Crippen molar-refractivity contribution in [2.75, 3.05) is 18.0 Å². The zero-order chi connectivity index (χ0) is 11.7. The number of benzene rings is 1. The van der Waals surface area contributed by atoms with E-state index in [9.17, 15) is 0 Å². The average molecular weight is 259 g/mol. The number of piperazine rings is 1. The maximum absolute atomic E-state index is 6.21. The van der Waals surface area contributed by atoms with Crippen LogP contribution in [-0.4, -0.2) is 25.2 Å². The first kappa shape index (κ1) is 12.0. The van der Waals surface area contributed by atoms with Gasteiger partial charge < -0.3 is 10.2 Å². The Morgan fingerprint density at radius 2 is 1.81 bits per heavy atom. The third kappa shape index (κ3) is 2.62. The Hall–Kier alpha value is -0.440. The summed E-state index contributed by atoms with van der Waals surface area (Å²) in [6.45, 7) is 6.33. The van der Waals surface area contributed by atoms with Gasteiger partial charge in [0.2, 0.25) is 0 Å². The second-order valence-corrected chi connectivity index (χ2v) is 5.31. The number of hydrogen-bond donors (Lipinski definition) is 1. The lowest BCUT2D eigenvalue weighted by molar-refractivity contribution is 0.407. The normalized spacial score (nSPS) is 25.9. The minimum absolute atomic E-state index is 0.482. The van der Waals surface area contributed by atoms with Crippen LogP contribution in [0, 0.1) is 0 Å². The molecule has 2 atom stereocenters. The highest BCUT2D eigenvalue weighted by Crippen LogP contribution is 2.29. The lowest BCUT2D eigenvalue weighted by Crippen LogP contribution is -2.54. The Morgan fingerprint density at radius 3 is 2.38 bits per heavy atom. The molecule has 1 heterocycles. The molecule has 2 unspecified atom stereocenters. The summed E-state index contributed by atoms with van der Waals surface area (Å²) in [5.74, 6) is 0. The van der Waals surface area contributed by atoms with Crippen molar-refractivity contribution in [1.29, 1.82) is 0 Å². The molecule has 2 rings (SSSR count). The molecule has 1 N–H and O–H groups in total. The van der Waals surface area contributed by atoms with Crippen LogP contribution in [0.2, 0.25) is 10.0 Å². The molecule has 16 heavy (non-hydrogen) atoms. The fraction of sp³-hybridized carbons (Fsp3) is 0.500. The molecule has 0 spiro atoms. The lowest BCUT2D eigenvalue weighted by Gasteiger charge is -2.38. The molecule has 4 heteroatoms. The Morgan fingerprint density at radius 1 is 1.19 bits per heavy atom. The Balaban J connectivity index is 2.23. The molecule has 1 aliphatic heterocycles. The maximum Gasteiger partial charge on any atom is 0.0654 e. The van der Waals surface area contributed by atoms with E-state index in [0.29, 0.717) is 17.1 Å². The fourth-order valence-electron chi connectivity index (χ4n) is 2.26. The van der Waals surface area contributed by atoms with Crippen LogP contribution in [0.25, 0.3) is 0 Å². The van der Waals surface area contributed by atoms with E-state index in [4.69, 9.17) is 23.2 Å². The average Bonchev–Trinajstić information content (AvgIpc) is 2.15. The monoisotopic (exact) mass is 258 g/mol. The van der Waals surface area contributed by atoms with E-state index in [-0.39, 0.29) is 0 Å². The van der Waals surface area contributed by atoms with Crippen LogP contribution in [0.15, 0.2) is 18.2 Å². The molecular formula is C12H16Cl2N2. The van der Waals surface area contributed by atoms with Crippen molar-refractivity contribution in [1.82, 2.24) is 5.32 Å². The number of rotatable bonds is 1. The molecular weight excluding hydrogens is 243 g/mol. The molecule has 1 fully saturated rings. The summed E-state index contributed by atoms with van der Waals surface area (Å²) in [5, 5.41) is 4.91. The third-order valence-electron chi connectivity index (χ3n) is 2.81. The molecule has 1 aromatic rings. The van der Waals surface area contributed by atoms with Gasteiger partial charge in [0.15, 0.2) is 0 Å². The molecule has 2 nitrogen and oxygen atoms in total. The second-order valence-electron chi connectivity index (χ2n) is 4.47. The minimum atomic E-state index is 0.482. The van der Waals surface area contributed by atoms with Crippen LogP contribution >= 0.6 is 23.2 Å². The van der Waals surface area contributed by atoms with Gasteiger partial charge in [0.1, 0.15) is 0 Å². The fourth-order valence-corrected chi connectivity index (χ4v) is 2.79. The van der Waals surface area contributed by atoms with Crippen molar-refractivity contribution in [3.8, 4) is 0 Å². The van der Waals surface area contributed by atoms with Crippen LogP contribution in [0.3, 0.4) is 0 Å². The molecule has 0 bridgehead atoms. The van der Waals surface area contributed by atoms with Crippen LogP contribution in [0.4, 0.5) is 5.69 Å². The highest BCUT2D eigenvalue weighted by molar-refractivity contribution is 6.36. The third-order valence-corrected chi connectivity index (χ3v) is 3.35. The Bertz CT molecular complexity index is 371. The molecule has 0 saturated carbocycles. The summed E-state index contributed by atoms with van der Waals surface area (Å²) in [7, 11) is 0. The minimum Gasteiger partial charge on any atom is -0.367 e. The zero-order valence-electron chi connectivity index (χ0n) is 9.50. The summed E-state index contributed by atoms with van der Waals surface area (Å²) in [6.07, 6.45) is 0. The van der Waals surface area contributed by atoms with Crippen molar-refractivity contribution >= 4 is 28.9 Å². The highest BCUT2D eigenvalue weighted by Gasteiger charge is 2.22. The molecule has 1 aromatic carbocycles. The van der Waals surface area contributed by atoms with E-state index >= 15 is 0 Å². The first-order valence-electron chi connectivity index (χ1n) is 5.52. The summed E-state index contributed by atoms with van der Waals surface area (Å²) in [4.78, 5) is 2.31. The molecule has 0 aliphatic carbocycles. The number of anilines is 1. The van der Waals surface area contributed by atoms with Gasteiger partial charge >= 0.3 is 0 Å². The van der Waals surface area contributed by atoms with E-state index in [1.807, 2.05) is 12.1 Å². The standard InChI is InChI=1S/C12H16Cl2N2/c1-8-6-16(7-9(2)15-8)12-4-3-10(13)5-11(12)14/h3-5,8-9,15H,6-7H2,1-2H3. The predicted molar refractivity (Wildman–Crippen MR) is 70.7 cm³/mol. The van der Waals surface area contributed by atoms with Crippen LogP contribution in [0.1, 0.15) is 13.8 Å². The van der Waals surface area contributed by atoms with Crippen LogP contribution in [-0.2, 0) is 0 Å². The maximum atomic E-state index is 6.21. The number of hydrogen-bond acceptors (Lipinski definition) is 2. The van der Waals surface area contributed by atoms with E-state index in [2.05, 4.69) is 24.1 Å². The molecule has 0 amide bonds. The summed E-state index contributed by atoms with van der Waals surface area (Å²) < 4.78 is 0. The molecule has 0 aromatic heterocycles. The van der Waals surface area contributed by atoms with Crippen molar-refractivity contribution in [3.63, 3.8) is 0 Å².